The third kappa shape index (κ3) is 13.3. The van der Waals surface area contributed by atoms with E-state index in [0.29, 0.717) is 47.3 Å². The Bertz CT molecular complexity index is 2660. The fourth-order valence-corrected chi connectivity index (χ4v) is 9.63. The predicted octanol–water partition coefficient (Wildman–Crippen LogP) is 13.6. The molecule has 0 atom stereocenters. The Morgan fingerprint density at radius 2 is 0.955 bits per heavy atom. The zero-order valence-corrected chi connectivity index (χ0v) is 41.8. The van der Waals surface area contributed by atoms with E-state index in [4.69, 9.17) is 42.1 Å². The van der Waals surface area contributed by atoms with Crippen LogP contribution < -0.4 is 28.7 Å². The summed E-state index contributed by atoms with van der Waals surface area (Å²) in [5.41, 5.74) is 5.54. The van der Waals surface area contributed by atoms with E-state index in [9.17, 15) is 9.59 Å². The molecule has 0 aliphatic rings. The van der Waals surface area contributed by atoms with Crippen LogP contribution in [0.2, 0.25) is 10.0 Å². The molecule has 8 aromatic rings. The van der Waals surface area contributed by atoms with Gasteiger partial charge in [-0.05, 0) is 99.5 Å². The molecule has 11 nitrogen and oxygen atoms in total. The molecule has 4 aromatic carbocycles. The highest BCUT2D eigenvalue weighted by molar-refractivity contribution is 7.19. The van der Waals surface area contributed by atoms with Gasteiger partial charge in [0.05, 0.1) is 58.3 Å². The van der Waals surface area contributed by atoms with E-state index in [1.54, 1.807) is 98.1 Å². The molecule has 352 valence electrons. The normalized spacial score (nSPS) is 10.4. The molecule has 0 aliphatic carbocycles. The van der Waals surface area contributed by atoms with Crippen molar-refractivity contribution in [2.45, 2.75) is 26.7 Å². The number of hydrogen-bond acceptors (Lipinski definition) is 12. The number of thiophene rings is 2. The molecular formula is C50H50Cl4N4O7S2. The third-order valence-corrected chi connectivity index (χ3v) is 13.2. The topological polar surface area (TPSA) is 135 Å². The van der Waals surface area contributed by atoms with E-state index in [-0.39, 0.29) is 41.9 Å². The van der Waals surface area contributed by atoms with Gasteiger partial charge in [0.1, 0.15) is 0 Å². The molecule has 0 spiro atoms. The smallest absolute Gasteiger partial charge is 0.161 e. The highest BCUT2D eigenvalue weighted by atomic mass is 35.5. The van der Waals surface area contributed by atoms with Gasteiger partial charge < -0.3 is 34.2 Å². The lowest BCUT2D eigenvalue weighted by Gasteiger charge is -2.24. The second kappa shape index (κ2) is 26.0. The average Bonchev–Trinajstić information content (AvgIpc) is 3.96. The highest BCUT2D eigenvalue weighted by Gasteiger charge is 2.18. The second-order valence-corrected chi connectivity index (χ2v) is 17.0. The average molecular weight is 1020 g/mol. The van der Waals surface area contributed by atoms with Crippen LogP contribution >= 0.6 is 70.7 Å². The SMILES string of the molecule is COc1cc(C(C)=O)ccc1OCCCN(c1ccncc1)c1csc2c(Cl)cccc12.COc1cc(C(C)=O)ccc1OCCCN(c1ccncc1)c1csc2c(Cl)cccc12.Cl.Cl.O. The fourth-order valence-electron chi connectivity index (χ4n) is 7.08. The largest absolute Gasteiger partial charge is 0.493 e. The summed E-state index contributed by atoms with van der Waals surface area (Å²) in [6.07, 6.45) is 8.73. The molecule has 0 amide bonds. The summed E-state index contributed by atoms with van der Waals surface area (Å²) >= 11 is 16.1. The van der Waals surface area contributed by atoms with Gasteiger partial charge in [0.25, 0.3) is 0 Å². The van der Waals surface area contributed by atoms with E-state index < -0.39 is 0 Å². The summed E-state index contributed by atoms with van der Waals surface area (Å²) in [6, 6.07) is 30.5. The Hall–Kier alpha value is -5.64. The Balaban J connectivity index is 0.000000280. The van der Waals surface area contributed by atoms with E-state index in [1.807, 2.05) is 48.5 Å². The molecule has 17 heteroatoms. The maximum Gasteiger partial charge on any atom is 0.161 e. The predicted molar refractivity (Wildman–Crippen MR) is 280 cm³/mol. The van der Waals surface area contributed by atoms with Gasteiger partial charge in [-0.25, -0.2) is 0 Å². The first-order chi connectivity index (χ1) is 31.2. The molecule has 67 heavy (non-hydrogen) atoms. The minimum absolute atomic E-state index is 0. The number of hydrogen-bond donors (Lipinski definition) is 0. The van der Waals surface area contributed by atoms with Crippen molar-refractivity contribution in [1.29, 1.82) is 0 Å². The number of carbonyl (C=O) groups is 2. The maximum atomic E-state index is 11.6. The summed E-state index contributed by atoms with van der Waals surface area (Å²) in [4.78, 5) is 36.0. The third-order valence-electron chi connectivity index (χ3n) is 10.3. The Morgan fingerprint density at radius 3 is 1.31 bits per heavy atom. The molecule has 0 unspecified atom stereocenters. The van der Waals surface area contributed by atoms with Crippen molar-refractivity contribution in [1.82, 2.24) is 9.97 Å². The number of halogens is 4. The molecule has 2 N–H and O–H groups in total. The van der Waals surface area contributed by atoms with Crippen molar-refractivity contribution in [3.63, 3.8) is 0 Å². The van der Waals surface area contributed by atoms with Gasteiger partial charge in [-0.2, -0.15) is 0 Å². The molecular weight excluding hydrogens is 975 g/mol. The number of pyridine rings is 2. The van der Waals surface area contributed by atoms with Gasteiger partial charge in [0, 0.05) is 81.9 Å². The number of ketones is 2. The van der Waals surface area contributed by atoms with Gasteiger partial charge in [-0.3, -0.25) is 19.6 Å². The van der Waals surface area contributed by atoms with E-state index in [1.165, 1.54) is 13.8 Å². The maximum absolute atomic E-state index is 11.6. The number of nitrogens with zero attached hydrogens (tertiary/aromatic N) is 4. The van der Waals surface area contributed by atoms with Crippen LogP contribution in [0.5, 0.6) is 23.0 Å². The van der Waals surface area contributed by atoms with Crippen LogP contribution in [0.1, 0.15) is 47.4 Å². The molecule has 0 radical (unpaired) electrons. The van der Waals surface area contributed by atoms with Crippen LogP contribution in [-0.2, 0) is 0 Å². The minimum atomic E-state index is -0.00839. The summed E-state index contributed by atoms with van der Waals surface area (Å²) in [7, 11) is 3.15. The first kappa shape index (κ1) is 54.0. The van der Waals surface area contributed by atoms with Gasteiger partial charge in [0.2, 0.25) is 0 Å². The molecule has 0 fully saturated rings. The first-order valence-corrected chi connectivity index (χ1v) is 23.0. The number of aromatic nitrogens is 2. The summed E-state index contributed by atoms with van der Waals surface area (Å²) in [5, 5.41) is 8.06. The lowest BCUT2D eigenvalue weighted by Crippen LogP contribution is -2.20. The van der Waals surface area contributed by atoms with Crippen molar-refractivity contribution in [3.05, 3.63) is 154 Å². The van der Waals surface area contributed by atoms with Crippen LogP contribution in [0.15, 0.2) is 133 Å². The zero-order chi connectivity index (χ0) is 45.0. The monoisotopic (exact) mass is 1020 g/mol. The van der Waals surface area contributed by atoms with Crippen LogP contribution in [0.4, 0.5) is 22.7 Å². The lowest BCUT2D eigenvalue weighted by molar-refractivity contribution is 0.100. The Morgan fingerprint density at radius 1 is 0.567 bits per heavy atom. The molecule has 0 aliphatic heterocycles. The van der Waals surface area contributed by atoms with Crippen LogP contribution in [-0.4, -0.2) is 67.5 Å². The van der Waals surface area contributed by atoms with Crippen LogP contribution in [0.3, 0.4) is 0 Å². The summed E-state index contributed by atoms with van der Waals surface area (Å²) in [6.45, 7) is 5.56. The number of methoxy groups -OCH3 is 2. The quantitative estimate of drug-likeness (QED) is 0.0604. The molecule has 4 heterocycles. The molecule has 0 saturated carbocycles. The van der Waals surface area contributed by atoms with Gasteiger partial charge in [-0.1, -0.05) is 47.5 Å². The number of benzene rings is 4. The molecule has 0 saturated heterocycles. The number of carbonyl (C=O) groups excluding carboxylic acids is 2. The van der Waals surface area contributed by atoms with Crippen molar-refractivity contribution >= 4 is 125 Å². The Labute approximate surface area is 420 Å². The van der Waals surface area contributed by atoms with E-state index in [2.05, 4.69) is 42.7 Å². The minimum Gasteiger partial charge on any atom is -0.493 e. The summed E-state index contributed by atoms with van der Waals surface area (Å²) < 4.78 is 24.9. The molecule has 0 bridgehead atoms. The van der Waals surface area contributed by atoms with Crippen molar-refractivity contribution < 1.29 is 34.0 Å². The van der Waals surface area contributed by atoms with Crippen molar-refractivity contribution in [3.8, 4) is 23.0 Å². The van der Waals surface area contributed by atoms with Crippen molar-refractivity contribution in [2.24, 2.45) is 0 Å². The van der Waals surface area contributed by atoms with E-state index >= 15 is 0 Å². The number of rotatable bonds is 18. The zero-order valence-electron chi connectivity index (χ0n) is 37.1. The summed E-state index contributed by atoms with van der Waals surface area (Å²) in [5.74, 6) is 2.35. The first-order valence-electron chi connectivity index (χ1n) is 20.5. The number of ether oxygens (including phenoxy) is 4. The van der Waals surface area contributed by atoms with E-state index in [0.717, 1.165) is 78.9 Å². The Kier molecular flexibility index (Phi) is 21.0. The number of fused-ring (bicyclic) bond motifs is 2. The number of anilines is 4. The van der Waals surface area contributed by atoms with Gasteiger partial charge in [0.15, 0.2) is 34.6 Å². The highest BCUT2D eigenvalue weighted by Crippen LogP contribution is 2.41. The fraction of sp³-hybridized carbons (Fsp3) is 0.200. The van der Waals surface area contributed by atoms with Gasteiger partial charge in [-0.15, -0.1) is 47.5 Å². The van der Waals surface area contributed by atoms with Crippen molar-refractivity contribution in [2.75, 3.05) is 50.3 Å². The van der Waals surface area contributed by atoms with Crippen LogP contribution in [0.25, 0.3) is 20.2 Å². The molecule has 8 rings (SSSR count). The van der Waals surface area contributed by atoms with Gasteiger partial charge >= 0.3 is 0 Å². The molecule has 4 aromatic heterocycles. The lowest BCUT2D eigenvalue weighted by atomic mass is 10.1. The van der Waals surface area contributed by atoms with Crippen LogP contribution in [0, 0.1) is 0 Å². The standard InChI is InChI=1S/2C25H23ClN2O3S.2ClH.H2O/c2*1-17(29)18-7-8-23(24(15-18)30-2)31-14-4-13-28(19-9-11-27-12-10-19)22-16-32-25-20(22)5-3-6-21(25)26;;;/h2*3,5-12,15-16H,4,13-14H2,1-2H3;2*1H;1H2. The number of Topliss-reactive ketones (excluding diaryl/α,β-unsaturated/α-hetero) is 2. The second-order valence-electron chi connectivity index (χ2n) is 14.4.